The number of primary amides is 1. The van der Waals surface area contributed by atoms with E-state index in [0.717, 1.165) is 0 Å². The summed E-state index contributed by atoms with van der Waals surface area (Å²) in [6, 6.07) is 0. The van der Waals surface area contributed by atoms with Crippen molar-refractivity contribution in [2.24, 2.45) is 5.73 Å². The lowest BCUT2D eigenvalue weighted by Crippen LogP contribution is -2.22. The van der Waals surface area contributed by atoms with Crippen LogP contribution >= 0.6 is 0 Å². The fourth-order valence-corrected chi connectivity index (χ4v) is 1.31. The van der Waals surface area contributed by atoms with E-state index >= 15 is 0 Å². The van der Waals surface area contributed by atoms with E-state index < -0.39 is 6.09 Å². The van der Waals surface area contributed by atoms with Crippen molar-refractivity contribution in [3.63, 3.8) is 0 Å². The molecule has 0 atom stereocenters. The van der Waals surface area contributed by atoms with Crippen molar-refractivity contribution in [1.82, 2.24) is 15.1 Å². The van der Waals surface area contributed by atoms with Gasteiger partial charge in [-0.3, -0.25) is 9.48 Å². The number of aromatic nitrogens is 2. The summed E-state index contributed by atoms with van der Waals surface area (Å²) in [5.74, 6) is -0.257. The number of rotatable bonds is 6. The van der Waals surface area contributed by atoms with Gasteiger partial charge < -0.3 is 15.8 Å². The number of amides is 2. The third-order valence-electron chi connectivity index (χ3n) is 2.15. The second-order valence-electron chi connectivity index (χ2n) is 3.66. The Morgan fingerprint density at radius 1 is 1.63 bits per heavy atom. The summed E-state index contributed by atoms with van der Waals surface area (Å²) in [6.45, 7) is 2.10. The third-order valence-corrected chi connectivity index (χ3v) is 2.15. The predicted molar refractivity (Wildman–Crippen MR) is 65.0 cm³/mol. The summed E-state index contributed by atoms with van der Waals surface area (Å²) in [7, 11) is 0. The highest BCUT2D eigenvalue weighted by Crippen LogP contribution is 2.04. The van der Waals surface area contributed by atoms with Crippen LogP contribution in [0.25, 0.3) is 0 Å². The highest BCUT2D eigenvalue weighted by atomic mass is 19.1. The lowest BCUT2D eigenvalue weighted by atomic mass is 10.3. The van der Waals surface area contributed by atoms with E-state index in [1.807, 2.05) is 0 Å². The molecule has 2 amide bonds. The molecule has 104 valence electrons. The Bertz CT molecular complexity index is 484. The standard InChI is InChI=1S/C11H15FN4O3/c1-2-14-10(17)9-4-15-16(6-9)5-8(3-12)7-19-11(13)18/h3-4,6H,2,5,7H2,1H3,(H2,13,18)(H,14,17)/b8-3+. The van der Waals surface area contributed by atoms with Gasteiger partial charge in [-0.05, 0) is 6.92 Å². The van der Waals surface area contributed by atoms with Crippen molar-refractivity contribution < 1.29 is 18.7 Å². The Balaban J connectivity index is 2.61. The average molecular weight is 270 g/mol. The monoisotopic (exact) mass is 270 g/mol. The SMILES string of the molecule is CCNC(=O)c1cnn(C/C(=C\F)COC(N)=O)c1. The molecule has 1 aromatic heterocycles. The van der Waals surface area contributed by atoms with Crippen molar-refractivity contribution in [2.75, 3.05) is 13.2 Å². The first-order valence-electron chi connectivity index (χ1n) is 5.57. The molecule has 0 bridgehead atoms. The van der Waals surface area contributed by atoms with Gasteiger partial charge in [-0.25, -0.2) is 9.18 Å². The van der Waals surface area contributed by atoms with E-state index in [4.69, 9.17) is 5.73 Å². The van der Waals surface area contributed by atoms with Gasteiger partial charge in [-0.1, -0.05) is 0 Å². The minimum absolute atomic E-state index is 0.0587. The van der Waals surface area contributed by atoms with Crippen LogP contribution in [0.15, 0.2) is 24.3 Å². The molecule has 0 aromatic carbocycles. The summed E-state index contributed by atoms with van der Waals surface area (Å²) >= 11 is 0. The van der Waals surface area contributed by atoms with Crippen LogP contribution in [0.5, 0.6) is 0 Å². The summed E-state index contributed by atoms with van der Waals surface area (Å²) in [6.07, 6.45) is 2.17. The smallest absolute Gasteiger partial charge is 0.404 e. The van der Waals surface area contributed by atoms with Gasteiger partial charge in [-0.15, -0.1) is 0 Å². The molecular formula is C11H15FN4O3. The van der Waals surface area contributed by atoms with Gasteiger partial charge in [0, 0.05) is 18.3 Å². The quantitative estimate of drug-likeness (QED) is 0.789. The van der Waals surface area contributed by atoms with Crippen LogP contribution in [0.2, 0.25) is 0 Å². The summed E-state index contributed by atoms with van der Waals surface area (Å²) in [5, 5.41) is 6.53. The lowest BCUT2D eigenvalue weighted by molar-refractivity contribution is 0.0955. The molecule has 1 rings (SSSR count). The van der Waals surface area contributed by atoms with E-state index in [0.29, 0.717) is 18.4 Å². The van der Waals surface area contributed by atoms with E-state index in [1.54, 1.807) is 6.92 Å². The maximum absolute atomic E-state index is 12.6. The molecule has 0 saturated carbocycles. The minimum Gasteiger partial charge on any atom is -0.445 e. The Morgan fingerprint density at radius 2 is 2.37 bits per heavy atom. The van der Waals surface area contributed by atoms with Crippen LogP contribution in [-0.4, -0.2) is 34.9 Å². The Labute approximate surface area is 109 Å². The fraction of sp³-hybridized carbons (Fsp3) is 0.364. The van der Waals surface area contributed by atoms with Crippen LogP contribution in [-0.2, 0) is 11.3 Å². The topological polar surface area (TPSA) is 99.2 Å². The van der Waals surface area contributed by atoms with E-state index in [2.05, 4.69) is 15.2 Å². The molecular weight excluding hydrogens is 255 g/mol. The second kappa shape index (κ2) is 7.14. The van der Waals surface area contributed by atoms with Crippen LogP contribution in [0.1, 0.15) is 17.3 Å². The summed E-state index contributed by atoms with van der Waals surface area (Å²) in [5.41, 5.74) is 5.32. The predicted octanol–water partition coefficient (Wildman–Crippen LogP) is 0.582. The molecule has 3 N–H and O–H groups in total. The highest BCUT2D eigenvalue weighted by Gasteiger charge is 2.09. The van der Waals surface area contributed by atoms with E-state index in [9.17, 15) is 14.0 Å². The number of ether oxygens (including phenoxy) is 1. The van der Waals surface area contributed by atoms with Crippen LogP contribution in [0, 0.1) is 0 Å². The molecule has 8 heteroatoms. The summed E-state index contributed by atoms with van der Waals surface area (Å²) in [4.78, 5) is 21.9. The zero-order chi connectivity index (χ0) is 14.3. The number of hydrogen-bond acceptors (Lipinski definition) is 4. The number of carbonyl (C=O) groups is 2. The molecule has 0 aliphatic rings. The first kappa shape index (κ1) is 14.7. The first-order valence-corrected chi connectivity index (χ1v) is 5.57. The van der Waals surface area contributed by atoms with E-state index in [-0.39, 0.29) is 24.6 Å². The maximum atomic E-state index is 12.6. The molecule has 0 radical (unpaired) electrons. The van der Waals surface area contributed by atoms with Crippen LogP contribution < -0.4 is 11.1 Å². The van der Waals surface area contributed by atoms with Gasteiger partial charge in [0.2, 0.25) is 0 Å². The fourth-order valence-electron chi connectivity index (χ4n) is 1.31. The molecule has 1 heterocycles. The van der Waals surface area contributed by atoms with Gasteiger partial charge in [0.15, 0.2) is 0 Å². The van der Waals surface area contributed by atoms with Gasteiger partial charge in [0.05, 0.1) is 24.6 Å². The number of nitrogens with two attached hydrogens (primary N) is 1. The molecule has 0 fully saturated rings. The lowest BCUT2D eigenvalue weighted by Gasteiger charge is -2.05. The number of carbonyl (C=O) groups excluding carboxylic acids is 2. The third kappa shape index (κ3) is 4.78. The van der Waals surface area contributed by atoms with Crippen molar-refractivity contribution in [2.45, 2.75) is 13.5 Å². The largest absolute Gasteiger partial charge is 0.445 e. The number of hydrogen-bond donors (Lipinski definition) is 2. The molecule has 0 aliphatic carbocycles. The number of nitrogens with zero attached hydrogens (tertiary/aromatic N) is 2. The van der Waals surface area contributed by atoms with Gasteiger partial charge in [0.1, 0.15) is 6.61 Å². The first-order chi connectivity index (χ1) is 9.06. The molecule has 0 aliphatic heterocycles. The van der Waals surface area contributed by atoms with Gasteiger partial charge in [0.25, 0.3) is 5.91 Å². The van der Waals surface area contributed by atoms with Crippen molar-refractivity contribution >= 4 is 12.0 Å². The highest BCUT2D eigenvalue weighted by molar-refractivity contribution is 5.93. The average Bonchev–Trinajstić information content (AvgIpc) is 2.83. The Kier molecular flexibility index (Phi) is 5.52. The second-order valence-corrected chi connectivity index (χ2v) is 3.66. The number of nitrogens with one attached hydrogen (secondary N) is 1. The zero-order valence-corrected chi connectivity index (χ0v) is 10.4. The molecule has 0 saturated heterocycles. The number of halogens is 1. The van der Waals surface area contributed by atoms with Crippen molar-refractivity contribution in [3.05, 3.63) is 29.9 Å². The van der Waals surface area contributed by atoms with Crippen LogP contribution in [0.4, 0.5) is 9.18 Å². The van der Waals surface area contributed by atoms with Crippen molar-refractivity contribution in [1.29, 1.82) is 0 Å². The van der Waals surface area contributed by atoms with Gasteiger partial charge >= 0.3 is 6.09 Å². The van der Waals surface area contributed by atoms with Crippen molar-refractivity contribution in [3.8, 4) is 0 Å². The van der Waals surface area contributed by atoms with Gasteiger partial charge in [-0.2, -0.15) is 5.10 Å². The van der Waals surface area contributed by atoms with Crippen LogP contribution in [0.3, 0.4) is 0 Å². The minimum atomic E-state index is -0.983. The molecule has 0 unspecified atom stereocenters. The Morgan fingerprint density at radius 3 is 2.95 bits per heavy atom. The molecule has 19 heavy (non-hydrogen) atoms. The maximum Gasteiger partial charge on any atom is 0.404 e. The Hall–Kier alpha value is -2.38. The molecule has 0 spiro atoms. The van der Waals surface area contributed by atoms with E-state index in [1.165, 1.54) is 17.1 Å². The molecule has 1 aromatic rings. The molecule has 7 nitrogen and oxygen atoms in total. The normalized spacial score (nSPS) is 11.2. The zero-order valence-electron chi connectivity index (χ0n) is 10.4. The summed E-state index contributed by atoms with van der Waals surface area (Å²) < 4.78 is 18.4.